The number of hydrogen-bond donors (Lipinski definition) is 1. The fourth-order valence-corrected chi connectivity index (χ4v) is 3.45. The molecule has 0 spiro atoms. The van der Waals surface area contributed by atoms with E-state index in [4.69, 9.17) is 21.1 Å². The Morgan fingerprint density at radius 1 is 1.24 bits per heavy atom. The average molecular weight is 430 g/mol. The molecule has 10 heteroatoms. The van der Waals surface area contributed by atoms with Gasteiger partial charge in [-0.2, -0.15) is 5.10 Å². The summed E-state index contributed by atoms with van der Waals surface area (Å²) in [5.41, 5.74) is 4.19. The van der Waals surface area contributed by atoms with Crippen molar-refractivity contribution in [1.29, 1.82) is 0 Å². The number of thioether (sulfide) groups is 1. The van der Waals surface area contributed by atoms with Crippen molar-refractivity contribution in [1.82, 2.24) is 20.2 Å². The number of hydrogen-bond acceptors (Lipinski definition) is 7. The molecule has 2 heterocycles. The van der Waals surface area contributed by atoms with Crippen molar-refractivity contribution < 1.29 is 14.3 Å². The normalized spacial score (nSPS) is 12.5. The molecule has 1 N–H and O–H groups in total. The van der Waals surface area contributed by atoms with Gasteiger partial charge in [0, 0.05) is 17.6 Å². The second-order valence-electron chi connectivity index (χ2n) is 6.07. The van der Waals surface area contributed by atoms with E-state index in [1.54, 1.807) is 30.5 Å². The zero-order valence-electron chi connectivity index (χ0n) is 15.3. The van der Waals surface area contributed by atoms with Crippen LogP contribution in [0.2, 0.25) is 5.02 Å². The third kappa shape index (κ3) is 4.52. The number of amides is 1. The smallest absolute Gasteiger partial charge is 0.250 e. The van der Waals surface area contributed by atoms with Crippen molar-refractivity contribution in [3.8, 4) is 22.9 Å². The lowest BCUT2D eigenvalue weighted by Gasteiger charge is -2.04. The van der Waals surface area contributed by atoms with Crippen molar-refractivity contribution in [3.05, 3.63) is 53.1 Å². The Bertz CT molecular complexity index is 1070. The maximum atomic E-state index is 12.1. The molecule has 0 atom stereocenters. The zero-order chi connectivity index (χ0) is 20.2. The number of halogens is 1. The van der Waals surface area contributed by atoms with Crippen LogP contribution in [0, 0.1) is 0 Å². The summed E-state index contributed by atoms with van der Waals surface area (Å²) < 4.78 is 12.4. The number of fused-ring (bicyclic) bond motifs is 1. The Morgan fingerprint density at radius 2 is 2.03 bits per heavy atom. The third-order valence-electron chi connectivity index (χ3n) is 4.07. The topological polar surface area (TPSA) is 90.6 Å². The molecule has 4 rings (SSSR count). The van der Waals surface area contributed by atoms with Crippen LogP contribution in [0.5, 0.6) is 11.5 Å². The first-order chi connectivity index (χ1) is 14.1. The molecular formula is C19H16ClN5O3S. The van der Waals surface area contributed by atoms with Gasteiger partial charge >= 0.3 is 0 Å². The number of carbonyl (C=O) groups excluding carboxylic acids is 1. The van der Waals surface area contributed by atoms with Gasteiger partial charge in [-0.05, 0) is 48.0 Å². The first-order valence-electron chi connectivity index (χ1n) is 8.60. The molecule has 0 saturated carbocycles. The lowest BCUT2D eigenvalue weighted by atomic mass is 10.2. The van der Waals surface area contributed by atoms with Crippen molar-refractivity contribution in [2.24, 2.45) is 12.1 Å². The van der Waals surface area contributed by atoms with Gasteiger partial charge in [0.1, 0.15) is 0 Å². The highest BCUT2D eigenvalue weighted by molar-refractivity contribution is 7.99. The summed E-state index contributed by atoms with van der Waals surface area (Å²) in [7, 11) is 1.85. The van der Waals surface area contributed by atoms with E-state index >= 15 is 0 Å². The zero-order valence-corrected chi connectivity index (χ0v) is 16.9. The van der Waals surface area contributed by atoms with Gasteiger partial charge < -0.3 is 14.0 Å². The van der Waals surface area contributed by atoms with Crippen LogP contribution in [0.4, 0.5) is 0 Å². The van der Waals surface area contributed by atoms with E-state index in [1.807, 2.05) is 29.8 Å². The Morgan fingerprint density at radius 3 is 2.86 bits per heavy atom. The average Bonchev–Trinajstić information content (AvgIpc) is 3.33. The molecule has 8 nitrogen and oxygen atoms in total. The predicted octanol–water partition coefficient (Wildman–Crippen LogP) is 3.11. The summed E-state index contributed by atoms with van der Waals surface area (Å²) in [4.78, 5) is 12.1. The van der Waals surface area contributed by atoms with Crippen LogP contribution >= 0.6 is 23.4 Å². The number of benzene rings is 2. The Balaban J connectivity index is 1.31. The van der Waals surface area contributed by atoms with Gasteiger partial charge in [0.2, 0.25) is 6.79 Å². The van der Waals surface area contributed by atoms with Crippen molar-refractivity contribution >= 4 is 35.5 Å². The molecule has 3 aromatic rings. The molecular weight excluding hydrogens is 414 g/mol. The Hall–Kier alpha value is -3.04. The van der Waals surface area contributed by atoms with Gasteiger partial charge in [-0.15, -0.1) is 10.2 Å². The molecule has 0 aliphatic carbocycles. The first-order valence-corrected chi connectivity index (χ1v) is 9.96. The summed E-state index contributed by atoms with van der Waals surface area (Å²) in [5, 5.41) is 13.6. The summed E-state index contributed by atoms with van der Waals surface area (Å²) in [6, 6.07) is 12.8. The molecule has 0 unspecified atom stereocenters. The van der Waals surface area contributed by atoms with Gasteiger partial charge in [-0.1, -0.05) is 23.4 Å². The summed E-state index contributed by atoms with van der Waals surface area (Å²) in [5.74, 6) is 1.97. The van der Waals surface area contributed by atoms with Gasteiger partial charge in [0.15, 0.2) is 22.5 Å². The number of hydrazone groups is 1. The van der Waals surface area contributed by atoms with Crippen LogP contribution in [-0.4, -0.2) is 39.4 Å². The second-order valence-corrected chi connectivity index (χ2v) is 7.45. The Labute approximate surface area is 175 Å². The van der Waals surface area contributed by atoms with Crippen LogP contribution in [0.15, 0.2) is 52.7 Å². The Kier molecular flexibility index (Phi) is 5.68. The fourth-order valence-electron chi connectivity index (χ4n) is 2.63. The third-order valence-corrected chi connectivity index (χ3v) is 5.34. The summed E-state index contributed by atoms with van der Waals surface area (Å²) in [6.07, 6.45) is 1.55. The van der Waals surface area contributed by atoms with E-state index in [-0.39, 0.29) is 18.5 Å². The standard InChI is InChI=1S/C19H16ClN5O3S/c1-25-18(13-3-5-14(20)6-4-13)23-24-19(25)29-10-17(26)22-21-9-12-2-7-15-16(8-12)28-11-27-15/h2-9H,10-11H2,1H3,(H,22,26). The van der Waals surface area contributed by atoms with Crippen LogP contribution in [0.25, 0.3) is 11.4 Å². The predicted molar refractivity (Wildman–Crippen MR) is 110 cm³/mol. The molecule has 0 saturated heterocycles. The van der Waals surface area contributed by atoms with E-state index in [9.17, 15) is 4.79 Å². The van der Waals surface area contributed by atoms with Crippen molar-refractivity contribution in [2.45, 2.75) is 5.16 Å². The molecule has 148 valence electrons. The van der Waals surface area contributed by atoms with E-state index in [0.29, 0.717) is 27.5 Å². The van der Waals surface area contributed by atoms with E-state index in [0.717, 1.165) is 11.1 Å². The minimum atomic E-state index is -0.247. The number of carbonyl (C=O) groups is 1. The number of aromatic nitrogens is 3. The van der Waals surface area contributed by atoms with Gasteiger partial charge in [-0.25, -0.2) is 5.43 Å². The molecule has 1 aliphatic heterocycles. The summed E-state index contributed by atoms with van der Waals surface area (Å²) >= 11 is 7.20. The second kappa shape index (κ2) is 8.54. The van der Waals surface area contributed by atoms with Crippen LogP contribution in [0.3, 0.4) is 0 Å². The molecule has 2 aromatic carbocycles. The maximum absolute atomic E-state index is 12.1. The van der Waals surface area contributed by atoms with E-state index in [1.165, 1.54) is 11.8 Å². The molecule has 1 amide bonds. The number of ether oxygens (including phenoxy) is 2. The van der Waals surface area contributed by atoms with Gasteiger partial charge in [-0.3, -0.25) is 4.79 Å². The first kappa shape index (κ1) is 19.3. The monoisotopic (exact) mass is 429 g/mol. The highest BCUT2D eigenvalue weighted by Crippen LogP contribution is 2.32. The maximum Gasteiger partial charge on any atom is 0.250 e. The van der Waals surface area contributed by atoms with E-state index in [2.05, 4.69) is 20.7 Å². The number of nitrogens with zero attached hydrogens (tertiary/aromatic N) is 4. The molecule has 29 heavy (non-hydrogen) atoms. The largest absolute Gasteiger partial charge is 0.454 e. The molecule has 0 fully saturated rings. The number of rotatable bonds is 6. The lowest BCUT2D eigenvalue weighted by molar-refractivity contribution is -0.118. The fraction of sp³-hybridized carbons (Fsp3) is 0.158. The van der Waals surface area contributed by atoms with Gasteiger partial charge in [0.05, 0.1) is 12.0 Å². The van der Waals surface area contributed by atoms with Crippen LogP contribution in [-0.2, 0) is 11.8 Å². The highest BCUT2D eigenvalue weighted by Gasteiger charge is 2.14. The molecule has 1 aliphatic rings. The van der Waals surface area contributed by atoms with Crippen molar-refractivity contribution in [2.75, 3.05) is 12.5 Å². The van der Waals surface area contributed by atoms with E-state index < -0.39 is 0 Å². The minimum absolute atomic E-state index is 0.158. The molecule has 1 aromatic heterocycles. The molecule has 0 bridgehead atoms. The number of nitrogens with one attached hydrogen (secondary N) is 1. The quantitative estimate of drug-likeness (QED) is 0.368. The minimum Gasteiger partial charge on any atom is -0.454 e. The van der Waals surface area contributed by atoms with Gasteiger partial charge in [0.25, 0.3) is 5.91 Å². The molecule has 0 radical (unpaired) electrons. The lowest BCUT2D eigenvalue weighted by Crippen LogP contribution is -2.19. The van der Waals surface area contributed by atoms with Crippen LogP contribution in [0.1, 0.15) is 5.56 Å². The van der Waals surface area contributed by atoms with Crippen molar-refractivity contribution in [3.63, 3.8) is 0 Å². The summed E-state index contributed by atoms with van der Waals surface area (Å²) in [6.45, 7) is 0.214. The highest BCUT2D eigenvalue weighted by atomic mass is 35.5. The SMILES string of the molecule is Cn1c(SCC(=O)NN=Cc2ccc3c(c2)OCO3)nnc1-c1ccc(Cl)cc1. The van der Waals surface area contributed by atoms with Crippen LogP contribution < -0.4 is 14.9 Å².